The van der Waals surface area contributed by atoms with E-state index in [0.717, 1.165) is 6.42 Å². The van der Waals surface area contributed by atoms with Gasteiger partial charge in [0.1, 0.15) is 5.69 Å². The molecular formula is C25H27Cl2F3N6O3S. The number of hydrogen-bond acceptors (Lipinski definition) is 6. The Morgan fingerprint density at radius 2 is 1.90 bits per heavy atom. The maximum Gasteiger partial charge on any atom is 0.435 e. The van der Waals surface area contributed by atoms with Crippen molar-refractivity contribution >= 4 is 50.4 Å². The number of carbonyl (C=O) groups is 2. The summed E-state index contributed by atoms with van der Waals surface area (Å²) in [5, 5.41) is 8.91. The number of halogens is 5. The Bertz CT molecular complexity index is 1530. The van der Waals surface area contributed by atoms with Crippen molar-refractivity contribution in [3.05, 3.63) is 69.1 Å². The number of hydrogen-bond donors (Lipinski definition) is 3. The molecule has 0 spiro atoms. The number of nitrogens with one attached hydrogen (secondary N) is 3. The number of pyridine rings is 1. The van der Waals surface area contributed by atoms with Gasteiger partial charge in [0.2, 0.25) is 0 Å². The Hall–Kier alpha value is -3.16. The summed E-state index contributed by atoms with van der Waals surface area (Å²) >= 11 is 12.3. The first-order valence-corrected chi connectivity index (χ1v) is 14.9. The summed E-state index contributed by atoms with van der Waals surface area (Å²) in [6.07, 6.45) is -0.325. The summed E-state index contributed by atoms with van der Waals surface area (Å²) in [6, 6.07) is 5.58. The number of aromatic nitrogens is 3. The lowest BCUT2D eigenvalue weighted by molar-refractivity contribution is -0.141. The van der Waals surface area contributed by atoms with Gasteiger partial charge >= 0.3 is 6.18 Å². The van der Waals surface area contributed by atoms with Gasteiger partial charge in [0.15, 0.2) is 11.5 Å². The van der Waals surface area contributed by atoms with Crippen LogP contribution in [-0.4, -0.2) is 48.8 Å². The van der Waals surface area contributed by atoms with E-state index >= 15 is 0 Å². The molecule has 1 aromatic carbocycles. The van der Waals surface area contributed by atoms with Crippen molar-refractivity contribution < 1.29 is 27.0 Å². The van der Waals surface area contributed by atoms with Crippen molar-refractivity contribution in [2.45, 2.75) is 45.3 Å². The molecule has 0 aliphatic rings. The standard InChI is InChI=1S/C25H27Cl2F3N6O3S/c1-4-5-7-16(13-40(3,31)39)33-23(37)17-11-15(26)10-14(2)21(17)34-24(38)19-12-20(25(28,29)30)35-36(19)22-18(27)8-6-9-32-22/h6,8-12,16,31H,4-5,7,13H2,1-3H3,(H,33,37)(H,34,38). The van der Waals surface area contributed by atoms with Crippen LogP contribution in [0.25, 0.3) is 5.82 Å². The Morgan fingerprint density at radius 3 is 2.50 bits per heavy atom. The average Bonchev–Trinajstić information content (AvgIpc) is 3.29. The molecule has 0 radical (unpaired) electrons. The van der Waals surface area contributed by atoms with Crippen molar-refractivity contribution in [2.24, 2.45) is 0 Å². The van der Waals surface area contributed by atoms with E-state index in [0.29, 0.717) is 29.2 Å². The number of nitrogens with zero attached hydrogens (tertiary/aromatic N) is 3. The van der Waals surface area contributed by atoms with Crippen molar-refractivity contribution in [1.29, 1.82) is 4.78 Å². The minimum atomic E-state index is -4.87. The third-order valence-corrected chi connectivity index (χ3v) is 7.27. The molecule has 3 aromatic rings. The minimum absolute atomic E-state index is 0.00215. The summed E-state index contributed by atoms with van der Waals surface area (Å²) < 4.78 is 61.2. The lowest BCUT2D eigenvalue weighted by atomic mass is 10.1. The number of anilines is 1. The van der Waals surface area contributed by atoms with Crippen molar-refractivity contribution in [3.63, 3.8) is 0 Å². The second-order valence-corrected chi connectivity index (χ2v) is 12.4. The monoisotopic (exact) mass is 618 g/mol. The Kier molecular flexibility index (Phi) is 9.85. The number of amides is 2. The topological polar surface area (TPSA) is 130 Å². The summed E-state index contributed by atoms with van der Waals surface area (Å²) in [6.45, 7) is 3.51. The van der Waals surface area contributed by atoms with E-state index in [4.69, 9.17) is 28.0 Å². The lowest BCUT2D eigenvalue weighted by Gasteiger charge is -2.21. The smallest absolute Gasteiger partial charge is 0.348 e. The fraction of sp³-hybridized carbons (Fsp3) is 0.360. The first-order chi connectivity index (χ1) is 18.6. The number of alkyl halides is 3. The molecular weight excluding hydrogens is 592 g/mol. The van der Waals surface area contributed by atoms with Gasteiger partial charge < -0.3 is 10.6 Å². The number of aryl methyl sites for hydroxylation is 1. The molecule has 3 rings (SSSR count). The zero-order valence-corrected chi connectivity index (χ0v) is 24.1. The molecule has 9 nitrogen and oxygen atoms in total. The Morgan fingerprint density at radius 1 is 1.20 bits per heavy atom. The second-order valence-electron chi connectivity index (χ2n) is 9.22. The SMILES string of the molecule is CCCCC(CS(C)(=N)=O)NC(=O)c1cc(Cl)cc(C)c1NC(=O)c1cc(C(F)(F)F)nn1-c1ncccc1Cl. The average molecular weight is 619 g/mol. The molecule has 2 atom stereocenters. The van der Waals surface area contributed by atoms with E-state index < -0.39 is 45.1 Å². The fourth-order valence-electron chi connectivity index (χ4n) is 3.94. The molecule has 3 N–H and O–H groups in total. The molecule has 2 amide bonds. The predicted molar refractivity (Wildman–Crippen MR) is 148 cm³/mol. The van der Waals surface area contributed by atoms with Crippen LogP contribution < -0.4 is 10.6 Å². The van der Waals surface area contributed by atoms with E-state index in [1.165, 1.54) is 36.7 Å². The molecule has 0 aliphatic carbocycles. The molecule has 2 unspecified atom stereocenters. The van der Waals surface area contributed by atoms with E-state index in [-0.39, 0.29) is 32.9 Å². The highest BCUT2D eigenvalue weighted by Gasteiger charge is 2.37. The van der Waals surface area contributed by atoms with Gasteiger partial charge in [-0.15, -0.1) is 0 Å². The Balaban J connectivity index is 2.03. The predicted octanol–water partition coefficient (Wildman–Crippen LogP) is 6.12. The van der Waals surface area contributed by atoms with Gasteiger partial charge in [-0.2, -0.15) is 18.3 Å². The van der Waals surface area contributed by atoms with E-state index in [1.807, 2.05) is 6.92 Å². The molecule has 216 valence electrons. The van der Waals surface area contributed by atoms with Crippen molar-refractivity contribution in [3.8, 4) is 5.82 Å². The van der Waals surface area contributed by atoms with Gasteiger partial charge in [-0.1, -0.05) is 43.0 Å². The molecule has 0 saturated carbocycles. The van der Waals surface area contributed by atoms with Crippen LogP contribution in [0.4, 0.5) is 18.9 Å². The van der Waals surface area contributed by atoms with Crippen LogP contribution in [-0.2, 0) is 15.9 Å². The van der Waals surface area contributed by atoms with Gasteiger partial charge in [-0.3, -0.25) is 18.6 Å². The first-order valence-electron chi connectivity index (χ1n) is 12.0. The first kappa shape index (κ1) is 31.4. The number of rotatable bonds is 10. The largest absolute Gasteiger partial charge is 0.435 e. The van der Waals surface area contributed by atoms with Crippen LogP contribution in [0, 0.1) is 11.7 Å². The minimum Gasteiger partial charge on any atom is -0.348 e. The summed E-state index contributed by atoms with van der Waals surface area (Å²) in [7, 11) is -2.94. The van der Waals surface area contributed by atoms with E-state index in [9.17, 15) is 27.0 Å². The highest BCUT2D eigenvalue weighted by Crippen LogP contribution is 2.32. The van der Waals surface area contributed by atoms with Crippen molar-refractivity contribution in [1.82, 2.24) is 20.1 Å². The fourth-order valence-corrected chi connectivity index (χ4v) is 5.43. The van der Waals surface area contributed by atoms with Crippen LogP contribution in [0.1, 0.15) is 58.3 Å². The van der Waals surface area contributed by atoms with Gasteiger partial charge in [0, 0.05) is 39.3 Å². The quantitative estimate of drug-likeness (QED) is 0.252. The zero-order valence-electron chi connectivity index (χ0n) is 21.7. The highest BCUT2D eigenvalue weighted by molar-refractivity contribution is 7.91. The maximum absolute atomic E-state index is 13.5. The van der Waals surface area contributed by atoms with Crippen LogP contribution in [0.5, 0.6) is 0 Å². The molecule has 0 fully saturated rings. The van der Waals surface area contributed by atoms with Crippen LogP contribution in [0.15, 0.2) is 36.5 Å². The van der Waals surface area contributed by atoms with Crippen LogP contribution >= 0.6 is 23.2 Å². The van der Waals surface area contributed by atoms with Crippen LogP contribution in [0.3, 0.4) is 0 Å². The van der Waals surface area contributed by atoms with Crippen LogP contribution in [0.2, 0.25) is 10.0 Å². The summed E-state index contributed by atoms with van der Waals surface area (Å²) in [4.78, 5) is 30.7. The molecule has 40 heavy (non-hydrogen) atoms. The van der Waals surface area contributed by atoms with E-state index in [1.54, 1.807) is 6.92 Å². The third kappa shape index (κ3) is 7.95. The molecule has 15 heteroatoms. The summed E-state index contributed by atoms with van der Waals surface area (Å²) in [5.74, 6) is -1.96. The molecule has 0 saturated heterocycles. The number of unbranched alkanes of at least 4 members (excludes halogenated alkanes) is 1. The Labute approximate surface area is 239 Å². The molecule has 0 bridgehead atoms. The highest BCUT2D eigenvalue weighted by atomic mass is 35.5. The molecule has 2 aromatic heterocycles. The molecule has 2 heterocycles. The van der Waals surface area contributed by atoms with Gasteiger partial charge in [0.25, 0.3) is 11.8 Å². The zero-order chi connectivity index (χ0) is 29.8. The van der Waals surface area contributed by atoms with Gasteiger partial charge in [-0.05, 0) is 43.2 Å². The van der Waals surface area contributed by atoms with Crippen molar-refractivity contribution in [2.75, 3.05) is 17.3 Å². The molecule has 0 aliphatic heterocycles. The second kappa shape index (κ2) is 12.6. The van der Waals surface area contributed by atoms with E-state index in [2.05, 4.69) is 20.7 Å². The summed E-state index contributed by atoms with van der Waals surface area (Å²) in [5.41, 5.74) is -1.59. The van der Waals surface area contributed by atoms with Gasteiger partial charge in [0.05, 0.1) is 22.0 Å². The normalized spacial score (nSPS) is 13.9. The third-order valence-electron chi connectivity index (χ3n) is 5.72. The number of benzene rings is 1. The number of carbonyl (C=O) groups excluding carboxylic acids is 2. The maximum atomic E-state index is 13.5. The lowest BCUT2D eigenvalue weighted by Crippen LogP contribution is -2.39. The van der Waals surface area contributed by atoms with Gasteiger partial charge in [-0.25, -0.2) is 9.67 Å².